The zero-order valence-corrected chi connectivity index (χ0v) is 19.0. The van der Waals surface area contributed by atoms with E-state index >= 15 is 0 Å². The van der Waals surface area contributed by atoms with Gasteiger partial charge in [0.15, 0.2) is 0 Å². The van der Waals surface area contributed by atoms with Gasteiger partial charge in [-0.1, -0.05) is 65.1 Å². The maximum Gasteiger partial charge on any atom is 0.0560 e. The number of nitrogens with two attached hydrogens (primary N) is 1. The van der Waals surface area contributed by atoms with E-state index in [1.807, 2.05) is 24.3 Å². The molecule has 1 aliphatic rings. The van der Waals surface area contributed by atoms with E-state index in [4.69, 9.17) is 40.5 Å². The zero-order valence-electron chi connectivity index (χ0n) is 16.7. The van der Waals surface area contributed by atoms with Gasteiger partial charge >= 0.3 is 0 Å². The van der Waals surface area contributed by atoms with Gasteiger partial charge in [0.05, 0.1) is 6.04 Å². The van der Waals surface area contributed by atoms with Gasteiger partial charge in [-0.2, -0.15) is 0 Å². The quantitative estimate of drug-likeness (QED) is 0.429. The van der Waals surface area contributed by atoms with Gasteiger partial charge < -0.3 is 10.6 Å². The van der Waals surface area contributed by atoms with Crippen LogP contribution in [-0.2, 0) is 13.0 Å². The minimum absolute atomic E-state index is 0.193. The van der Waals surface area contributed by atoms with Crippen molar-refractivity contribution in [1.82, 2.24) is 0 Å². The van der Waals surface area contributed by atoms with Crippen LogP contribution < -0.4 is 10.6 Å². The minimum Gasteiger partial charge on any atom is -0.361 e. The first-order chi connectivity index (χ1) is 14.5. The molecule has 0 aliphatic carbocycles. The molecule has 0 amide bonds. The summed E-state index contributed by atoms with van der Waals surface area (Å²) in [5, 5.41) is 2.12. The van der Waals surface area contributed by atoms with E-state index in [0.717, 1.165) is 46.9 Å². The van der Waals surface area contributed by atoms with Gasteiger partial charge in [-0.3, -0.25) is 0 Å². The van der Waals surface area contributed by atoms with Crippen molar-refractivity contribution in [1.29, 1.82) is 0 Å². The molecule has 0 aromatic heterocycles. The van der Waals surface area contributed by atoms with Crippen LogP contribution in [-0.4, -0.2) is 6.04 Å². The lowest BCUT2D eigenvalue weighted by molar-refractivity contribution is 0.385. The van der Waals surface area contributed by atoms with Gasteiger partial charge in [0.25, 0.3) is 0 Å². The molecule has 1 fully saturated rings. The van der Waals surface area contributed by atoms with Gasteiger partial charge in [-0.15, -0.1) is 0 Å². The van der Waals surface area contributed by atoms with Crippen molar-refractivity contribution in [2.24, 2.45) is 5.73 Å². The van der Waals surface area contributed by atoms with Gasteiger partial charge in [0, 0.05) is 33.3 Å². The lowest BCUT2D eigenvalue weighted by atomic mass is 9.87. The largest absolute Gasteiger partial charge is 0.361 e. The summed E-state index contributed by atoms with van der Waals surface area (Å²) >= 11 is 19.0. The summed E-state index contributed by atoms with van der Waals surface area (Å²) in [6.07, 6.45) is 4.30. The Morgan fingerprint density at radius 2 is 1.47 bits per heavy atom. The van der Waals surface area contributed by atoms with Crippen molar-refractivity contribution < 1.29 is 0 Å². The predicted molar refractivity (Wildman–Crippen MR) is 129 cm³/mol. The van der Waals surface area contributed by atoms with Crippen molar-refractivity contribution in [3.05, 3.63) is 98.5 Å². The molecule has 1 heterocycles. The Kier molecular flexibility index (Phi) is 6.90. The fourth-order valence-electron chi connectivity index (χ4n) is 4.44. The van der Waals surface area contributed by atoms with Crippen LogP contribution in [0.4, 0.5) is 5.69 Å². The summed E-state index contributed by atoms with van der Waals surface area (Å²) in [6, 6.07) is 23.2. The predicted octanol–water partition coefficient (Wildman–Crippen LogP) is 7.45. The van der Waals surface area contributed by atoms with E-state index in [-0.39, 0.29) is 6.04 Å². The Hall–Kier alpha value is -1.71. The third kappa shape index (κ3) is 4.78. The third-order valence-corrected chi connectivity index (χ3v) is 6.73. The van der Waals surface area contributed by atoms with Crippen LogP contribution in [0.2, 0.25) is 15.1 Å². The summed E-state index contributed by atoms with van der Waals surface area (Å²) in [6.45, 7) is 0.567. The molecule has 2 nitrogen and oxygen atoms in total. The normalized spacial score (nSPS) is 19.1. The van der Waals surface area contributed by atoms with Crippen molar-refractivity contribution >= 4 is 40.5 Å². The topological polar surface area (TPSA) is 29.3 Å². The van der Waals surface area contributed by atoms with Crippen LogP contribution in [0.15, 0.2) is 66.7 Å². The second kappa shape index (κ2) is 9.62. The van der Waals surface area contributed by atoms with E-state index < -0.39 is 0 Å². The molecule has 0 bridgehead atoms. The third-order valence-electron chi connectivity index (χ3n) is 5.92. The number of rotatable bonds is 5. The first-order valence-corrected chi connectivity index (χ1v) is 11.5. The Labute approximate surface area is 193 Å². The maximum atomic E-state index is 6.64. The van der Waals surface area contributed by atoms with Gasteiger partial charge in [0.2, 0.25) is 0 Å². The van der Waals surface area contributed by atoms with E-state index in [1.165, 1.54) is 11.3 Å². The lowest BCUT2D eigenvalue weighted by Gasteiger charge is -2.45. The summed E-state index contributed by atoms with van der Waals surface area (Å²) in [4.78, 5) is 2.52. The maximum absolute atomic E-state index is 6.64. The number of piperidine rings is 1. The van der Waals surface area contributed by atoms with Crippen molar-refractivity contribution in [2.75, 3.05) is 4.90 Å². The molecule has 156 valence electrons. The molecule has 1 saturated heterocycles. The van der Waals surface area contributed by atoms with Crippen molar-refractivity contribution in [2.45, 2.75) is 44.3 Å². The highest BCUT2D eigenvalue weighted by atomic mass is 35.5. The van der Waals surface area contributed by atoms with Crippen molar-refractivity contribution in [3.8, 4) is 0 Å². The Bertz CT molecular complexity index is 986. The van der Waals surface area contributed by atoms with Gasteiger partial charge in [-0.05, 0) is 78.8 Å². The van der Waals surface area contributed by atoms with E-state index in [0.29, 0.717) is 17.6 Å². The first kappa shape index (κ1) is 21.5. The number of halogens is 3. The van der Waals surface area contributed by atoms with Crippen LogP contribution in [0.5, 0.6) is 0 Å². The van der Waals surface area contributed by atoms with Crippen LogP contribution >= 0.6 is 34.8 Å². The molecule has 0 saturated carbocycles. The molecule has 2 N–H and O–H groups in total. The van der Waals surface area contributed by atoms with Gasteiger partial charge in [0.1, 0.15) is 0 Å². The SMILES string of the molecule is NCc1ccc(CC2CCCC(c3ccc(Cl)cc3Cl)N2c2ccc(Cl)cc2)cc1. The Morgan fingerprint density at radius 3 is 2.13 bits per heavy atom. The smallest absolute Gasteiger partial charge is 0.0560 e. The number of anilines is 1. The highest BCUT2D eigenvalue weighted by molar-refractivity contribution is 6.35. The average molecular weight is 460 g/mol. The molecule has 0 spiro atoms. The highest BCUT2D eigenvalue weighted by Gasteiger charge is 2.33. The molecule has 2 atom stereocenters. The van der Waals surface area contributed by atoms with Gasteiger partial charge in [-0.25, -0.2) is 0 Å². The molecule has 3 aromatic rings. The molecule has 2 unspecified atom stereocenters. The molecule has 5 heteroatoms. The molecular formula is C25H25Cl3N2. The summed E-state index contributed by atoms with van der Waals surface area (Å²) in [7, 11) is 0. The van der Waals surface area contributed by atoms with Crippen molar-refractivity contribution in [3.63, 3.8) is 0 Å². The number of hydrogen-bond donors (Lipinski definition) is 1. The Balaban J connectivity index is 1.70. The Morgan fingerprint density at radius 1 is 0.800 bits per heavy atom. The average Bonchev–Trinajstić information content (AvgIpc) is 2.75. The van der Waals surface area contributed by atoms with Crippen LogP contribution in [0.25, 0.3) is 0 Å². The lowest BCUT2D eigenvalue weighted by Crippen LogP contribution is -2.43. The number of nitrogens with zero attached hydrogens (tertiary/aromatic N) is 1. The molecule has 0 radical (unpaired) electrons. The summed E-state index contributed by atoms with van der Waals surface area (Å²) < 4.78 is 0. The van der Waals surface area contributed by atoms with E-state index in [1.54, 1.807) is 0 Å². The molecule has 1 aliphatic heterocycles. The number of hydrogen-bond acceptors (Lipinski definition) is 2. The standard InChI is InChI=1S/C25H25Cl3N2/c26-19-8-11-21(12-9-19)30-22(14-17-4-6-18(16-29)7-5-17)2-1-3-25(30)23-13-10-20(27)15-24(23)28/h4-13,15,22,25H,1-3,14,16,29H2. The van der Waals surface area contributed by atoms with E-state index in [2.05, 4.69) is 47.4 Å². The van der Waals surface area contributed by atoms with Crippen LogP contribution in [0.3, 0.4) is 0 Å². The summed E-state index contributed by atoms with van der Waals surface area (Å²) in [5.74, 6) is 0. The second-order valence-electron chi connectivity index (χ2n) is 7.87. The first-order valence-electron chi connectivity index (χ1n) is 10.3. The monoisotopic (exact) mass is 458 g/mol. The fraction of sp³-hybridized carbons (Fsp3) is 0.280. The second-order valence-corrected chi connectivity index (χ2v) is 9.15. The molecule has 3 aromatic carbocycles. The van der Waals surface area contributed by atoms with Crippen LogP contribution in [0.1, 0.15) is 42.0 Å². The fourth-order valence-corrected chi connectivity index (χ4v) is 5.10. The molecule has 4 rings (SSSR count). The zero-order chi connectivity index (χ0) is 21.1. The molecular weight excluding hydrogens is 435 g/mol. The minimum atomic E-state index is 0.193. The van der Waals surface area contributed by atoms with Crippen LogP contribution in [0, 0.1) is 0 Å². The molecule has 30 heavy (non-hydrogen) atoms. The summed E-state index contributed by atoms with van der Waals surface area (Å²) in [5.41, 5.74) is 10.5. The number of benzene rings is 3. The highest BCUT2D eigenvalue weighted by Crippen LogP contribution is 2.42. The van der Waals surface area contributed by atoms with E-state index in [9.17, 15) is 0 Å².